The summed E-state index contributed by atoms with van der Waals surface area (Å²) in [6.45, 7) is 6.92. The fourth-order valence-corrected chi connectivity index (χ4v) is 4.22. The Morgan fingerprint density at radius 1 is 0.462 bits per heavy atom. The average Bonchev–Trinajstić information content (AvgIpc) is 2.65. The summed E-state index contributed by atoms with van der Waals surface area (Å²) in [5, 5.41) is 10.7. The molecule has 0 fully saturated rings. The van der Waals surface area contributed by atoms with Gasteiger partial charge < -0.3 is 0 Å². The smallest absolute Gasteiger partial charge is 0.00958 e. The molecule has 0 heterocycles. The van der Waals surface area contributed by atoms with E-state index in [0.717, 1.165) is 0 Å². The van der Waals surface area contributed by atoms with E-state index in [-0.39, 0.29) is 5.41 Å². The van der Waals surface area contributed by atoms with Crippen molar-refractivity contribution in [3.8, 4) is 0 Å². The van der Waals surface area contributed by atoms with E-state index in [1.165, 1.54) is 48.7 Å². The summed E-state index contributed by atoms with van der Waals surface area (Å²) in [7, 11) is 0. The first-order chi connectivity index (χ1) is 12.5. The van der Waals surface area contributed by atoms with Crippen LogP contribution in [0.25, 0.3) is 43.1 Å². The molecule has 26 heavy (non-hydrogen) atoms. The third-order valence-electron chi connectivity index (χ3n) is 5.53. The molecule has 5 aromatic rings. The lowest BCUT2D eigenvalue weighted by Gasteiger charge is -2.23. The molecule has 0 N–H and O–H groups in total. The summed E-state index contributed by atoms with van der Waals surface area (Å²) in [5.41, 5.74) is 1.52. The van der Waals surface area contributed by atoms with Gasteiger partial charge in [0.15, 0.2) is 0 Å². The van der Waals surface area contributed by atoms with Gasteiger partial charge in [0.05, 0.1) is 0 Å². The first-order valence-electron chi connectivity index (χ1n) is 9.30. The lowest BCUT2D eigenvalue weighted by molar-refractivity contribution is 0.596. The van der Waals surface area contributed by atoms with Crippen molar-refractivity contribution in [1.82, 2.24) is 0 Å². The number of rotatable bonds is 0. The van der Waals surface area contributed by atoms with E-state index in [2.05, 4.69) is 99.6 Å². The normalized spacial score (nSPS) is 12.4. The quantitative estimate of drug-likeness (QED) is 0.202. The third kappa shape index (κ3) is 2.22. The molecule has 0 unspecified atom stereocenters. The zero-order valence-electron chi connectivity index (χ0n) is 15.5. The van der Waals surface area contributed by atoms with Gasteiger partial charge in [0, 0.05) is 0 Å². The fraction of sp³-hybridized carbons (Fsp3) is 0.154. The van der Waals surface area contributed by atoms with Crippen LogP contribution in [0, 0.1) is 0 Å². The maximum atomic E-state index is 2.41. The predicted molar refractivity (Wildman–Crippen MR) is 115 cm³/mol. The lowest BCUT2D eigenvalue weighted by Crippen LogP contribution is -2.11. The first kappa shape index (κ1) is 15.4. The Kier molecular flexibility index (Phi) is 3.15. The summed E-state index contributed by atoms with van der Waals surface area (Å²) in [4.78, 5) is 0. The minimum absolute atomic E-state index is 0.104. The van der Waals surface area contributed by atoms with Crippen LogP contribution < -0.4 is 0 Å². The Labute approximate surface area is 154 Å². The SMILES string of the molecule is CC(C)(C)c1cc2ccccc2c2cc3c(ccc4ccccc43)cc12. The van der Waals surface area contributed by atoms with Gasteiger partial charge >= 0.3 is 0 Å². The van der Waals surface area contributed by atoms with Gasteiger partial charge in [-0.15, -0.1) is 0 Å². The highest BCUT2D eigenvalue weighted by molar-refractivity contribution is 6.18. The van der Waals surface area contributed by atoms with E-state index in [1.54, 1.807) is 0 Å². The van der Waals surface area contributed by atoms with Crippen LogP contribution in [0.3, 0.4) is 0 Å². The van der Waals surface area contributed by atoms with E-state index in [0.29, 0.717) is 0 Å². The Morgan fingerprint density at radius 3 is 1.77 bits per heavy atom. The standard InChI is InChI=1S/C26H22/c1-26(2,3)25-15-18-9-5-7-11-21(18)23-16-22-19(14-24(23)25)13-12-17-8-4-6-10-20(17)22/h4-16H,1-3H3. The van der Waals surface area contributed by atoms with E-state index in [1.807, 2.05) is 0 Å². The molecule has 0 saturated heterocycles. The maximum Gasteiger partial charge on any atom is -0.00958 e. The zero-order chi connectivity index (χ0) is 17.9. The Bertz CT molecular complexity index is 1300. The number of hydrogen-bond donors (Lipinski definition) is 0. The molecule has 0 aliphatic heterocycles. The van der Waals surface area contributed by atoms with Gasteiger partial charge in [0.2, 0.25) is 0 Å². The van der Waals surface area contributed by atoms with Crippen molar-refractivity contribution in [1.29, 1.82) is 0 Å². The summed E-state index contributed by atoms with van der Waals surface area (Å²) in [5.74, 6) is 0. The summed E-state index contributed by atoms with van der Waals surface area (Å²) in [6, 6.07) is 29.1. The van der Waals surface area contributed by atoms with Crippen LogP contribution in [0.2, 0.25) is 0 Å². The van der Waals surface area contributed by atoms with Crippen LogP contribution in [-0.2, 0) is 5.41 Å². The van der Waals surface area contributed by atoms with Gasteiger partial charge in [0.1, 0.15) is 0 Å². The highest BCUT2D eigenvalue weighted by Crippen LogP contribution is 2.38. The molecule has 0 radical (unpaired) electrons. The van der Waals surface area contributed by atoms with Crippen LogP contribution >= 0.6 is 0 Å². The molecular weight excluding hydrogens is 312 g/mol. The van der Waals surface area contributed by atoms with Crippen LogP contribution in [-0.4, -0.2) is 0 Å². The lowest BCUT2D eigenvalue weighted by atomic mass is 9.81. The molecule has 126 valence electrons. The first-order valence-corrected chi connectivity index (χ1v) is 9.30. The molecule has 5 aromatic carbocycles. The Hall–Kier alpha value is -2.86. The highest BCUT2D eigenvalue weighted by Gasteiger charge is 2.19. The number of benzene rings is 5. The third-order valence-corrected chi connectivity index (χ3v) is 5.53. The largest absolute Gasteiger partial charge is 0.0616 e. The predicted octanol–water partition coefficient (Wildman–Crippen LogP) is 7.60. The van der Waals surface area contributed by atoms with Gasteiger partial charge in [-0.3, -0.25) is 0 Å². The molecule has 0 spiro atoms. The monoisotopic (exact) mass is 334 g/mol. The van der Waals surface area contributed by atoms with Gasteiger partial charge in [-0.05, 0) is 72.3 Å². The molecule has 0 bridgehead atoms. The number of fused-ring (bicyclic) bond motifs is 6. The molecule has 0 aliphatic rings. The van der Waals surface area contributed by atoms with Crippen molar-refractivity contribution in [2.75, 3.05) is 0 Å². The molecule has 5 rings (SSSR count). The zero-order valence-corrected chi connectivity index (χ0v) is 15.5. The minimum atomic E-state index is 0.104. The molecule has 0 atom stereocenters. The van der Waals surface area contributed by atoms with E-state index >= 15 is 0 Å². The molecule has 0 saturated carbocycles. The van der Waals surface area contributed by atoms with Crippen molar-refractivity contribution in [3.63, 3.8) is 0 Å². The Morgan fingerprint density at radius 2 is 1.04 bits per heavy atom. The van der Waals surface area contributed by atoms with Crippen LogP contribution in [0.4, 0.5) is 0 Å². The van der Waals surface area contributed by atoms with Gasteiger partial charge in [0.25, 0.3) is 0 Å². The van der Waals surface area contributed by atoms with Gasteiger partial charge in [-0.1, -0.05) is 81.4 Å². The molecular formula is C26H22. The summed E-state index contributed by atoms with van der Waals surface area (Å²) in [6.07, 6.45) is 0. The second-order valence-corrected chi connectivity index (χ2v) is 8.30. The molecule has 0 heteroatoms. The van der Waals surface area contributed by atoms with Crippen molar-refractivity contribution in [2.45, 2.75) is 26.2 Å². The van der Waals surface area contributed by atoms with E-state index in [9.17, 15) is 0 Å². The van der Waals surface area contributed by atoms with E-state index < -0.39 is 0 Å². The highest BCUT2D eigenvalue weighted by atomic mass is 14.2. The average molecular weight is 334 g/mol. The van der Waals surface area contributed by atoms with Crippen LogP contribution in [0.5, 0.6) is 0 Å². The van der Waals surface area contributed by atoms with Gasteiger partial charge in [-0.25, -0.2) is 0 Å². The van der Waals surface area contributed by atoms with E-state index in [4.69, 9.17) is 0 Å². The molecule has 0 aromatic heterocycles. The summed E-state index contributed by atoms with van der Waals surface area (Å²) >= 11 is 0. The minimum Gasteiger partial charge on any atom is -0.0616 e. The molecule has 0 nitrogen and oxygen atoms in total. The fourth-order valence-electron chi connectivity index (χ4n) is 4.22. The topological polar surface area (TPSA) is 0 Å². The Balaban J connectivity index is 2.05. The molecule has 0 amide bonds. The second kappa shape index (κ2) is 5.32. The maximum absolute atomic E-state index is 2.41. The summed E-state index contributed by atoms with van der Waals surface area (Å²) < 4.78 is 0. The van der Waals surface area contributed by atoms with Crippen molar-refractivity contribution in [2.24, 2.45) is 0 Å². The molecule has 0 aliphatic carbocycles. The van der Waals surface area contributed by atoms with Crippen LogP contribution in [0.15, 0.2) is 78.9 Å². The van der Waals surface area contributed by atoms with Gasteiger partial charge in [-0.2, -0.15) is 0 Å². The van der Waals surface area contributed by atoms with Crippen molar-refractivity contribution in [3.05, 3.63) is 84.4 Å². The second-order valence-electron chi connectivity index (χ2n) is 8.30. The van der Waals surface area contributed by atoms with Crippen LogP contribution in [0.1, 0.15) is 26.3 Å². The van der Waals surface area contributed by atoms with Crippen molar-refractivity contribution >= 4 is 43.1 Å². The number of hydrogen-bond acceptors (Lipinski definition) is 0. The van der Waals surface area contributed by atoms with Crippen molar-refractivity contribution < 1.29 is 0 Å².